The minimum Gasteiger partial charge on any atom is -0.495 e. The van der Waals surface area contributed by atoms with Crippen LogP contribution in [0.5, 0.6) is 5.75 Å². The van der Waals surface area contributed by atoms with Crippen molar-refractivity contribution in [3.8, 4) is 5.75 Å². The third-order valence-electron chi connectivity index (χ3n) is 5.11. The van der Waals surface area contributed by atoms with Crippen molar-refractivity contribution in [1.29, 1.82) is 0 Å². The second-order valence-electron chi connectivity index (χ2n) is 7.67. The molecule has 0 saturated heterocycles. The Balaban J connectivity index is 2.44. The summed E-state index contributed by atoms with van der Waals surface area (Å²) in [6.07, 6.45) is 2.04. The molecule has 0 heterocycles. The molecule has 2 aromatic carbocycles. The number of nitrogens with zero attached hydrogens (tertiary/aromatic N) is 2. The summed E-state index contributed by atoms with van der Waals surface area (Å²) >= 11 is 0. The van der Waals surface area contributed by atoms with Crippen molar-refractivity contribution < 1.29 is 31.3 Å². The Morgan fingerprint density at radius 1 is 1.12 bits per heavy atom. The quantitative estimate of drug-likeness (QED) is 0.375. The topological polar surface area (TPSA) is 153 Å². The lowest BCUT2D eigenvalue weighted by Gasteiger charge is -2.31. The van der Waals surface area contributed by atoms with E-state index in [0.29, 0.717) is 5.56 Å². The largest absolute Gasteiger partial charge is 0.495 e. The normalized spacial score (nSPS) is 13.6. The fourth-order valence-electron chi connectivity index (χ4n) is 3.40. The molecule has 0 bridgehead atoms. The van der Waals surface area contributed by atoms with Gasteiger partial charge in [0, 0.05) is 18.4 Å². The number of hydrogen-bond acceptors (Lipinski definition) is 8. The first kappa shape index (κ1) is 27.1. The molecule has 2 aromatic rings. The highest BCUT2D eigenvalue weighted by atomic mass is 32.2. The monoisotopic (exact) mass is 513 g/mol. The van der Waals surface area contributed by atoms with E-state index in [1.807, 2.05) is 0 Å². The Kier molecular flexibility index (Phi) is 8.26. The van der Waals surface area contributed by atoms with E-state index in [1.165, 1.54) is 31.4 Å². The Morgan fingerprint density at radius 3 is 2.15 bits per heavy atom. The molecule has 34 heavy (non-hydrogen) atoms. The summed E-state index contributed by atoms with van der Waals surface area (Å²) in [4.78, 5) is 23.9. The molecule has 13 heteroatoms. The zero-order valence-corrected chi connectivity index (χ0v) is 21.0. The molecule has 186 valence electrons. The average molecular weight is 514 g/mol. The number of benzene rings is 2. The van der Waals surface area contributed by atoms with Crippen LogP contribution in [0.2, 0.25) is 0 Å². The van der Waals surface area contributed by atoms with Crippen LogP contribution < -0.4 is 14.4 Å². The number of methoxy groups -OCH3 is 1. The summed E-state index contributed by atoms with van der Waals surface area (Å²) in [6.45, 7) is 3.27. The fraction of sp³-hybridized carbons (Fsp3) is 0.381. The number of rotatable bonds is 10. The second kappa shape index (κ2) is 10.4. The smallest absolute Gasteiger partial charge is 0.271 e. The fourth-order valence-corrected chi connectivity index (χ4v) is 5.23. The number of amides is 1. The van der Waals surface area contributed by atoms with Crippen molar-refractivity contribution in [3.63, 3.8) is 0 Å². The van der Waals surface area contributed by atoms with Gasteiger partial charge in [0.2, 0.25) is 15.9 Å². The van der Waals surface area contributed by atoms with Crippen molar-refractivity contribution in [3.05, 3.63) is 58.1 Å². The minimum absolute atomic E-state index is 0.0479. The highest BCUT2D eigenvalue weighted by Crippen LogP contribution is 2.35. The SMILES string of the molecule is CC[C@@H](C(=O)N[C@H](C)c1ccc(S(C)(=O)=O)cc1)N(c1cc([N+](=O)[O-])ccc1OC)S(C)(=O)=O. The second-order valence-corrected chi connectivity index (χ2v) is 11.5. The van der Waals surface area contributed by atoms with Crippen LogP contribution in [0.3, 0.4) is 0 Å². The minimum atomic E-state index is -4.07. The van der Waals surface area contributed by atoms with E-state index in [9.17, 15) is 31.7 Å². The standard InChI is InChI=1S/C21H27N3O8S2/c1-6-18(21(25)22-14(2)15-7-10-17(11-8-15)33(4,28)29)23(34(5,30)31)19-13-16(24(26)27)9-12-20(19)32-3/h7-14,18H,6H2,1-5H3,(H,22,25)/t14-,18+/m1/s1. The van der Waals surface area contributed by atoms with Gasteiger partial charge in [-0.05, 0) is 37.1 Å². The number of carbonyl (C=O) groups is 1. The van der Waals surface area contributed by atoms with Crippen LogP contribution in [0.15, 0.2) is 47.4 Å². The lowest BCUT2D eigenvalue weighted by molar-refractivity contribution is -0.384. The number of sulfone groups is 1. The molecule has 0 aliphatic rings. The molecule has 1 N–H and O–H groups in total. The van der Waals surface area contributed by atoms with Gasteiger partial charge >= 0.3 is 0 Å². The summed E-state index contributed by atoms with van der Waals surface area (Å²) in [7, 11) is -6.16. The molecular formula is C21H27N3O8S2. The van der Waals surface area contributed by atoms with Gasteiger partial charge in [-0.25, -0.2) is 16.8 Å². The number of hydrogen-bond donors (Lipinski definition) is 1. The van der Waals surface area contributed by atoms with Gasteiger partial charge in [0.15, 0.2) is 9.84 Å². The average Bonchev–Trinajstić information content (AvgIpc) is 2.75. The summed E-state index contributed by atoms with van der Waals surface area (Å²) in [6, 6.07) is 7.62. The third kappa shape index (κ3) is 6.23. The van der Waals surface area contributed by atoms with Gasteiger partial charge in [0.05, 0.1) is 29.2 Å². The van der Waals surface area contributed by atoms with Crippen LogP contribution in [0, 0.1) is 10.1 Å². The van der Waals surface area contributed by atoms with Gasteiger partial charge in [0.1, 0.15) is 17.5 Å². The molecule has 1 amide bonds. The zero-order chi connectivity index (χ0) is 25.8. The van der Waals surface area contributed by atoms with Crippen molar-refractivity contribution in [1.82, 2.24) is 5.32 Å². The van der Waals surface area contributed by atoms with Gasteiger partial charge < -0.3 is 10.1 Å². The van der Waals surface area contributed by atoms with Crippen LogP contribution in [-0.4, -0.2) is 53.3 Å². The molecule has 0 fully saturated rings. The molecule has 0 saturated carbocycles. The number of nitro groups is 1. The molecule has 0 aliphatic heterocycles. The number of nitro benzene ring substituents is 1. The highest BCUT2D eigenvalue weighted by Gasteiger charge is 2.35. The van der Waals surface area contributed by atoms with Crippen molar-refractivity contribution in [2.24, 2.45) is 0 Å². The molecule has 11 nitrogen and oxygen atoms in total. The molecule has 0 spiro atoms. The summed E-state index contributed by atoms with van der Waals surface area (Å²) in [5.74, 6) is -0.590. The van der Waals surface area contributed by atoms with Crippen LogP contribution >= 0.6 is 0 Å². The first-order valence-electron chi connectivity index (χ1n) is 10.1. The van der Waals surface area contributed by atoms with E-state index in [1.54, 1.807) is 26.0 Å². The van der Waals surface area contributed by atoms with Crippen LogP contribution in [-0.2, 0) is 24.7 Å². The van der Waals surface area contributed by atoms with Crippen molar-refractivity contribution >= 4 is 37.1 Å². The molecule has 2 rings (SSSR count). The Labute approximate surface area is 198 Å². The number of carbonyl (C=O) groups excluding carboxylic acids is 1. The number of anilines is 1. The van der Waals surface area contributed by atoms with Gasteiger partial charge in [-0.2, -0.15) is 0 Å². The van der Waals surface area contributed by atoms with Crippen LogP contribution in [0.4, 0.5) is 11.4 Å². The predicted octanol–water partition coefficient (Wildman–Crippen LogP) is 2.43. The first-order chi connectivity index (χ1) is 15.7. The molecule has 0 aliphatic carbocycles. The molecular weight excluding hydrogens is 486 g/mol. The molecule has 0 aromatic heterocycles. The van der Waals surface area contributed by atoms with Gasteiger partial charge in [-0.15, -0.1) is 0 Å². The molecule has 0 unspecified atom stereocenters. The highest BCUT2D eigenvalue weighted by molar-refractivity contribution is 7.92. The van der Waals surface area contributed by atoms with Gasteiger partial charge in [-0.1, -0.05) is 19.1 Å². The lowest BCUT2D eigenvalue weighted by Crippen LogP contribution is -2.49. The number of ether oxygens (including phenoxy) is 1. The Hall–Kier alpha value is -3.19. The zero-order valence-electron chi connectivity index (χ0n) is 19.4. The Bertz CT molecular complexity index is 1280. The predicted molar refractivity (Wildman–Crippen MR) is 127 cm³/mol. The molecule has 2 atom stereocenters. The first-order valence-corrected chi connectivity index (χ1v) is 13.9. The van der Waals surface area contributed by atoms with E-state index < -0.39 is 42.8 Å². The summed E-state index contributed by atoms with van der Waals surface area (Å²) < 4.78 is 54.8. The number of sulfonamides is 1. The maximum atomic E-state index is 13.2. The maximum Gasteiger partial charge on any atom is 0.271 e. The van der Waals surface area contributed by atoms with Crippen LogP contribution in [0.25, 0.3) is 0 Å². The van der Waals surface area contributed by atoms with E-state index in [2.05, 4.69) is 5.32 Å². The van der Waals surface area contributed by atoms with E-state index in [-0.39, 0.29) is 28.4 Å². The Morgan fingerprint density at radius 2 is 1.71 bits per heavy atom. The third-order valence-corrected chi connectivity index (χ3v) is 7.40. The number of non-ortho nitro benzene ring substituents is 1. The van der Waals surface area contributed by atoms with E-state index in [0.717, 1.165) is 22.9 Å². The van der Waals surface area contributed by atoms with E-state index >= 15 is 0 Å². The van der Waals surface area contributed by atoms with Crippen molar-refractivity contribution in [2.75, 3.05) is 23.9 Å². The van der Waals surface area contributed by atoms with Gasteiger partial charge in [0.25, 0.3) is 5.69 Å². The molecule has 0 radical (unpaired) electrons. The van der Waals surface area contributed by atoms with Gasteiger partial charge in [-0.3, -0.25) is 19.2 Å². The lowest BCUT2D eigenvalue weighted by atomic mass is 10.1. The summed E-state index contributed by atoms with van der Waals surface area (Å²) in [5.41, 5.74) is 0.111. The summed E-state index contributed by atoms with van der Waals surface area (Å²) in [5, 5.41) is 14.0. The number of nitrogens with one attached hydrogen (secondary N) is 1. The maximum absolute atomic E-state index is 13.2. The van der Waals surface area contributed by atoms with Crippen LogP contribution in [0.1, 0.15) is 31.9 Å². The van der Waals surface area contributed by atoms with E-state index in [4.69, 9.17) is 4.74 Å². The van der Waals surface area contributed by atoms with Crippen molar-refractivity contribution in [2.45, 2.75) is 37.2 Å².